The second-order valence-electron chi connectivity index (χ2n) is 5.81. The molecule has 0 spiro atoms. The van der Waals surface area contributed by atoms with Crippen molar-refractivity contribution in [1.29, 1.82) is 0 Å². The maximum atomic E-state index is 12.6. The highest BCUT2D eigenvalue weighted by atomic mass is 35.5. The molecular weight excluding hydrogens is 281 g/mol. The summed E-state index contributed by atoms with van der Waals surface area (Å²) in [6.45, 7) is 3.79. The van der Waals surface area contributed by atoms with Gasteiger partial charge < -0.3 is 11.1 Å². The van der Waals surface area contributed by atoms with Crippen LogP contribution in [0.3, 0.4) is 0 Å². The van der Waals surface area contributed by atoms with E-state index in [9.17, 15) is 18.0 Å². The average Bonchev–Trinajstić information content (AvgIpc) is 2.24. The van der Waals surface area contributed by atoms with Crippen LogP contribution in [0.2, 0.25) is 0 Å². The van der Waals surface area contributed by atoms with Crippen LogP contribution < -0.4 is 11.1 Å². The van der Waals surface area contributed by atoms with Gasteiger partial charge in [-0.1, -0.05) is 6.42 Å². The minimum absolute atomic E-state index is 0. The number of alkyl halides is 3. The lowest BCUT2D eigenvalue weighted by Crippen LogP contribution is -2.47. The number of nitrogens with two attached hydrogens (primary N) is 1. The lowest BCUT2D eigenvalue weighted by Gasteiger charge is -2.30. The summed E-state index contributed by atoms with van der Waals surface area (Å²) >= 11 is 0. The topological polar surface area (TPSA) is 55.1 Å². The molecule has 1 rings (SSSR count). The Balaban J connectivity index is 0.00000324. The molecule has 7 heteroatoms. The predicted octanol–water partition coefficient (Wildman–Crippen LogP) is 2.63. The minimum atomic E-state index is -4.19. The van der Waals surface area contributed by atoms with E-state index in [4.69, 9.17) is 5.73 Å². The first-order valence-electron chi connectivity index (χ1n) is 6.23. The molecule has 114 valence electrons. The maximum Gasteiger partial charge on any atom is 0.391 e. The second-order valence-corrected chi connectivity index (χ2v) is 5.81. The number of nitrogens with one attached hydrogen (secondary N) is 1. The Hall–Kier alpha value is -0.490. The van der Waals surface area contributed by atoms with Gasteiger partial charge in [-0.05, 0) is 33.1 Å². The molecular formula is C12H22ClF3N2O. The molecule has 0 aromatic carbocycles. The van der Waals surface area contributed by atoms with Crippen LogP contribution in [0.5, 0.6) is 0 Å². The summed E-state index contributed by atoms with van der Waals surface area (Å²) in [7, 11) is 0. The first kappa shape index (κ1) is 18.5. The van der Waals surface area contributed by atoms with Crippen LogP contribution in [0.25, 0.3) is 0 Å². The van der Waals surface area contributed by atoms with Gasteiger partial charge >= 0.3 is 6.18 Å². The molecule has 0 heterocycles. The SMILES string of the molecule is CC(C)(N)CNC(=O)C1CCCC(C(F)(F)F)C1.Cl. The Morgan fingerprint density at radius 2 is 1.89 bits per heavy atom. The van der Waals surface area contributed by atoms with E-state index < -0.39 is 23.6 Å². The number of hydrogen-bond donors (Lipinski definition) is 2. The highest BCUT2D eigenvalue weighted by Gasteiger charge is 2.43. The summed E-state index contributed by atoms with van der Waals surface area (Å²) in [4.78, 5) is 11.8. The van der Waals surface area contributed by atoms with Gasteiger partial charge in [0.2, 0.25) is 5.91 Å². The van der Waals surface area contributed by atoms with E-state index in [2.05, 4.69) is 5.32 Å². The van der Waals surface area contributed by atoms with Crippen molar-refractivity contribution in [2.75, 3.05) is 6.54 Å². The summed E-state index contributed by atoms with van der Waals surface area (Å²) in [5.74, 6) is -2.18. The van der Waals surface area contributed by atoms with Gasteiger partial charge in [0.15, 0.2) is 0 Å². The van der Waals surface area contributed by atoms with Crippen molar-refractivity contribution in [1.82, 2.24) is 5.32 Å². The summed E-state index contributed by atoms with van der Waals surface area (Å²) in [5, 5.41) is 2.63. The smallest absolute Gasteiger partial charge is 0.354 e. The van der Waals surface area contributed by atoms with Gasteiger partial charge in [-0.2, -0.15) is 13.2 Å². The van der Waals surface area contributed by atoms with Crippen molar-refractivity contribution >= 4 is 18.3 Å². The second kappa shape index (κ2) is 6.79. The first-order valence-corrected chi connectivity index (χ1v) is 6.23. The van der Waals surface area contributed by atoms with Gasteiger partial charge in [0, 0.05) is 18.0 Å². The fourth-order valence-corrected chi connectivity index (χ4v) is 2.18. The zero-order chi connectivity index (χ0) is 14.0. The third-order valence-corrected chi connectivity index (χ3v) is 3.23. The molecule has 19 heavy (non-hydrogen) atoms. The van der Waals surface area contributed by atoms with Crippen LogP contribution in [0, 0.1) is 11.8 Å². The van der Waals surface area contributed by atoms with Gasteiger partial charge in [-0.15, -0.1) is 12.4 Å². The van der Waals surface area contributed by atoms with E-state index in [0.717, 1.165) is 0 Å². The fourth-order valence-electron chi connectivity index (χ4n) is 2.18. The number of carbonyl (C=O) groups is 1. The number of carbonyl (C=O) groups excluding carboxylic acids is 1. The molecule has 0 aliphatic heterocycles. The molecule has 0 radical (unpaired) electrons. The van der Waals surface area contributed by atoms with E-state index in [1.807, 2.05) is 0 Å². The molecule has 2 unspecified atom stereocenters. The van der Waals surface area contributed by atoms with Crippen LogP contribution in [0.1, 0.15) is 39.5 Å². The van der Waals surface area contributed by atoms with Crippen molar-refractivity contribution in [3.05, 3.63) is 0 Å². The fraction of sp³-hybridized carbons (Fsp3) is 0.917. The van der Waals surface area contributed by atoms with Gasteiger partial charge in [0.05, 0.1) is 5.92 Å². The summed E-state index contributed by atoms with van der Waals surface area (Å²) in [6, 6.07) is 0. The number of amides is 1. The minimum Gasteiger partial charge on any atom is -0.354 e. The lowest BCUT2D eigenvalue weighted by molar-refractivity contribution is -0.186. The Labute approximate surface area is 117 Å². The standard InChI is InChI=1S/C12H21F3N2O.ClH/c1-11(2,16)7-17-10(18)8-4-3-5-9(6-8)12(13,14)15;/h8-9H,3-7,16H2,1-2H3,(H,17,18);1H. The summed E-state index contributed by atoms with van der Waals surface area (Å²) < 4.78 is 37.8. The highest BCUT2D eigenvalue weighted by Crippen LogP contribution is 2.39. The third kappa shape index (κ3) is 6.47. The van der Waals surface area contributed by atoms with Crippen LogP contribution in [-0.2, 0) is 4.79 Å². The lowest BCUT2D eigenvalue weighted by atomic mass is 9.80. The largest absolute Gasteiger partial charge is 0.391 e. The van der Waals surface area contributed by atoms with Crippen LogP contribution >= 0.6 is 12.4 Å². The van der Waals surface area contributed by atoms with Gasteiger partial charge in [0.1, 0.15) is 0 Å². The molecule has 1 amide bonds. The summed E-state index contributed by atoms with van der Waals surface area (Å²) in [6.07, 6.45) is -3.17. The summed E-state index contributed by atoms with van der Waals surface area (Å²) in [5.41, 5.74) is 5.17. The monoisotopic (exact) mass is 302 g/mol. The molecule has 0 saturated heterocycles. The zero-order valence-corrected chi connectivity index (χ0v) is 12.0. The van der Waals surface area contributed by atoms with Gasteiger partial charge in [-0.3, -0.25) is 4.79 Å². The molecule has 0 aromatic rings. The van der Waals surface area contributed by atoms with E-state index in [0.29, 0.717) is 12.8 Å². The zero-order valence-electron chi connectivity index (χ0n) is 11.2. The molecule has 2 atom stereocenters. The molecule has 3 N–H and O–H groups in total. The Kier molecular flexibility index (Phi) is 6.62. The average molecular weight is 303 g/mol. The van der Waals surface area contributed by atoms with E-state index >= 15 is 0 Å². The predicted molar refractivity (Wildman–Crippen MR) is 70.0 cm³/mol. The number of hydrogen-bond acceptors (Lipinski definition) is 2. The van der Waals surface area contributed by atoms with Crippen molar-refractivity contribution < 1.29 is 18.0 Å². The Morgan fingerprint density at radius 3 is 2.37 bits per heavy atom. The van der Waals surface area contributed by atoms with E-state index in [1.54, 1.807) is 13.8 Å². The molecule has 3 nitrogen and oxygen atoms in total. The van der Waals surface area contributed by atoms with Crippen molar-refractivity contribution in [2.45, 2.75) is 51.2 Å². The normalized spacial score (nSPS) is 24.5. The molecule has 1 aliphatic carbocycles. The Morgan fingerprint density at radius 1 is 1.32 bits per heavy atom. The van der Waals surface area contributed by atoms with Gasteiger partial charge in [-0.25, -0.2) is 0 Å². The molecule has 0 aromatic heterocycles. The Bertz CT molecular complexity index is 302. The molecule has 1 fully saturated rings. The van der Waals surface area contributed by atoms with Crippen molar-refractivity contribution in [3.8, 4) is 0 Å². The van der Waals surface area contributed by atoms with Crippen LogP contribution in [0.15, 0.2) is 0 Å². The number of halogens is 4. The van der Waals surface area contributed by atoms with Crippen LogP contribution in [-0.4, -0.2) is 24.2 Å². The quantitative estimate of drug-likeness (QED) is 0.842. The van der Waals surface area contributed by atoms with Crippen molar-refractivity contribution in [3.63, 3.8) is 0 Å². The first-order chi connectivity index (χ1) is 8.09. The molecule has 1 saturated carbocycles. The van der Waals surface area contributed by atoms with Gasteiger partial charge in [0.25, 0.3) is 0 Å². The van der Waals surface area contributed by atoms with Crippen LogP contribution in [0.4, 0.5) is 13.2 Å². The maximum absolute atomic E-state index is 12.6. The van der Waals surface area contributed by atoms with E-state index in [1.165, 1.54) is 0 Å². The highest BCUT2D eigenvalue weighted by molar-refractivity contribution is 5.85. The molecule has 0 bridgehead atoms. The molecule has 1 aliphatic rings. The number of rotatable bonds is 3. The van der Waals surface area contributed by atoms with Crippen molar-refractivity contribution in [2.24, 2.45) is 17.6 Å². The van der Waals surface area contributed by atoms with E-state index in [-0.39, 0.29) is 37.7 Å². The third-order valence-electron chi connectivity index (χ3n) is 3.23.